The van der Waals surface area contributed by atoms with Crippen LogP contribution in [-0.2, 0) is 5.41 Å². The number of carbonyl (C=O) groups excluding carboxylic acids is 1. The molecule has 2 heterocycles. The van der Waals surface area contributed by atoms with Crippen LogP contribution in [0.2, 0.25) is 0 Å². The van der Waals surface area contributed by atoms with Gasteiger partial charge in [0.05, 0.1) is 0 Å². The molecule has 0 bridgehead atoms. The zero-order chi connectivity index (χ0) is 22.2. The third kappa shape index (κ3) is 4.62. The predicted molar refractivity (Wildman–Crippen MR) is 128 cm³/mol. The molecular weight excluding hydrogens is 428 g/mol. The summed E-state index contributed by atoms with van der Waals surface area (Å²) in [6.07, 6.45) is 0. The Kier molecular flexibility index (Phi) is 5.55. The van der Waals surface area contributed by atoms with Gasteiger partial charge < -0.3 is 5.32 Å². The van der Waals surface area contributed by atoms with Gasteiger partial charge in [0.1, 0.15) is 5.01 Å². The highest BCUT2D eigenvalue weighted by atomic mass is 32.1. The lowest BCUT2D eigenvalue weighted by atomic mass is 9.87. The van der Waals surface area contributed by atoms with Crippen molar-refractivity contribution in [1.82, 2.24) is 25.1 Å². The van der Waals surface area contributed by atoms with Crippen LogP contribution in [0.15, 0.2) is 48.5 Å². The maximum absolute atomic E-state index is 12.5. The first-order valence-corrected chi connectivity index (χ1v) is 11.0. The molecule has 0 fully saturated rings. The van der Waals surface area contributed by atoms with Crippen LogP contribution in [0.1, 0.15) is 42.5 Å². The van der Waals surface area contributed by atoms with Gasteiger partial charge in [-0.2, -0.15) is 9.61 Å². The van der Waals surface area contributed by atoms with Crippen molar-refractivity contribution in [2.24, 2.45) is 0 Å². The van der Waals surface area contributed by atoms with Crippen LogP contribution in [0.4, 0.5) is 5.69 Å². The molecule has 4 rings (SSSR count). The Labute approximate surface area is 189 Å². The molecular formula is C22H22N6OS2. The maximum Gasteiger partial charge on any atom is 0.257 e. The van der Waals surface area contributed by atoms with Crippen molar-refractivity contribution in [2.45, 2.75) is 33.1 Å². The van der Waals surface area contributed by atoms with E-state index in [1.165, 1.54) is 16.9 Å². The number of fused-ring (bicyclic) bond motifs is 1. The number of thiocarbonyl (C=S) groups is 1. The Bertz CT molecular complexity index is 1250. The van der Waals surface area contributed by atoms with E-state index in [0.717, 1.165) is 27.0 Å². The minimum absolute atomic E-state index is 0.0383. The minimum Gasteiger partial charge on any atom is -0.332 e. The lowest BCUT2D eigenvalue weighted by Crippen LogP contribution is -2.34. The van der Waals surface area contributed by atoms with E-state index >= 15 is 0 Å². The van der Waals surface area contributed by atoms with E-state index < -0.39 is 0 Å². The largest absolute Gasteiger partial charge is 0.332 e. The van der Waals surface area contributed by atoms with E-state index in [2.05, 4.69) is 46.7 Å². The van der Waals surface area contributed by atoms with E-state index in [-0.39, 0.29) is 16.4 Å². The number of nitrogens with one attached hydrogen (secondary N) is 2. The molecule has 0 spiro atoms. The Hall–Kier alpha value is -3.17. The van der Waals surface area contributed by atoms with Crippen molar-refractivity contribution in [3.63, 3.8) is 0 Å². The standard InChI is InChI=1S/C22H22N6OS2/c1-13-25-26-21-28(13)27-19(31-21)15-7-11-17(12-8-15)23-20(30)24-18(29)14-5-9-16(10-6-14)22(2,3)4/h5-12H,1-4H3,(H2,23,24,29,30). The summed E-state index contributed by atoms with van der Waals surface area (Å²) in [6.45, 7) is 8.27. The Morgan fingerprint density at radius 2 is 1.71 bits per heavy atom. The second-order valence-electron chi connectivity index (χ2n) is 8.16. The van der Waals surface area contributed by atoms with Crippen LogP contribution in [-0.4, -0.2) is 30.8 Å². The van der Waals surface area contributed by atoms with Gasteiger partial charge >= 0.3 is 0 Å². The van der Waals surface area contributed by atoms with Gasteiger partial charge in [0.15, 0.2) is 10.9 Å². The second kappa shape index (κ2) is 8.16. The number of aryl methyl sites for hydroxylation is 1. The molecule has 0 unspecified atom stereocenters. The van der Waals surface area contributed by atoms with E-state index in [1.807, 2.05) is 55.5 Å². The van der Waals surface area contributed by atoms with Gasteiger partial charge in [0.25, 0.3) is 5.91 Å². The van der Waals surface area contributed by atoms with Crippen molar-refractivity contribution in [3.05, 3.63) is 65.5 Å². The Morgan fingerprint density at radius 3 is 2.32 bits per heavy atom. The summed E-state index contributed by atoms with van der Waals surface area (Å²) in [5, 5.41) is 19.5. The minimum atomic E-state index is -0.246. The summed E-state index contributed by atoms with van der Waals surface area (Å²) in [5.41, 5.74) is 3.51. The molecule has 7 nitrogen and oxygen atoms in total. The molecule has 0 atom stereocenters. The van der Waals surface area contributed by atoms with Crippen molar-refractivity contribution in [2.75, 3.05) is 5.32 Å². The molecule has 2 aromatic carbocycles. The quantitative estimate of drug-likeness (QED) is 0.444. The van der Waals surface area contributed by atoms with Crippen LogP contribution < -0.4 is 10.6 Å². The molecule has 0 aliphatic rings. The van der Waals surface area contributed by atoms with Crippen LogP contribution in [0.3, 0.4) is 0 Å². The fourth-order valence-corrected chi connectivity index (χ4v) is 4.09. The molecule has 0 radical (unpaired) electrons. The van der Waals surface area contributed by atoms with Crippen LogP contribution >= 0.6 is 23.6 Å². The molecule has 0 saturated carbocycles. The normalized spacial score (nSPS) is 11.5. The summed E-state index contributed by atoms with van der Waals surface area (Å²) in [7, 11) is 0. The number of rotatable bonds is 3. The van der Waals surface area contributed by atoms with E-state index in [0.29, 0.717) is 5.56 Å². The summed E-state index contributed by atoms with van der Waals surface area (Å²) in [4.78, 5) is 13.2. The number of hydrogen-bond donors (Lipinski definition) is 2. The molecule has 0 saturated heterocycles. The first-order valence-electron chi connectivity index (χ1n) is 9.73. The smallest absolute Gasteiger partial charge is 0.257 e. The molecule has 0 aliphatic heterocycles. The van der Waals surface area contributed by atoms with Gasteiger partial charge in [-0.05, 0) is 66.5 Å². The monoisotopic (exact) mass is 450 g/mol. The summed E-state index contributed by atoms with van der Waals surface area (Å²) in [5.74, 6) is 0.509. The second-order valence-corrected chi connectivity index (χ2v) is 9.53. The number of nitrogens with zero attached hydrogens (tertiary/aromatic N) is 4. The zero-order valence-corrected chi connectivity index (χ0v) is 19.3. The fraction of sp³-hybridized carbons (Fsp3) is 0.227. The van der Waals surface area contributed by atoms with Gasteiger partial charge in [0.2, 0.25) is 4.96 Å². The molecule has 2 aromatic heterocycles. The average Bonchev–Trinajstić information content (AvgIpc) is 3.30. The molecule has 1 amide bonds. The highest BCUT2D eigenvalue weighted by Gasteiger charge is 2.15. The summed E-state index contributed by atoms with van der Waals surface area (Å²) in [6, 6.07) is 15.2. The van der Waals surface area contributed by atoms with Gasteiger partial charge in [-0.15, -0.1) is 10.2 Å². The van der Waals surface area contributed by atoms with E-state index in [1.54, 1.807) is 4.52 Å². The third-order valence-corrected chi connectivity index (χ3v) is 5.93. The van der Waals surface area contributed by atoms with Gasteiger partial charge in [-0.3, -0.25) is 10.1 Å². The van der Waals surface area contributed by atoms with E-state index in [9.17, 15) is 4.79 Å². The van der Waals surface area contributed by atoms with Crippen LogP contribution in [0.5, 0.6) is 0 Å². The Morgan fingerprint density at radius 1 is 1.03 bits per heavy atom. The average molecular weight is 451 g/mol. The SMILES string of the molecule is Cc1nnc2sc(-c3ccc(NC(=S)NC(=O)c4ccc(C(C)(C)C)cc4)cc3)nn12. The molecule has 158 valence electrons. The first kappa shape index (κ1) is 21.1. The van der Waals surface area contributed by atoms with Crippen LogP contribution in [0.25, 0.3) is 15.5 Å². The summed E-state index contributed by atoms with van der Waals surface area (Å²) >= 11 is 6.77. The zero-order valence-electron chi connectivity index (χ0n) is 17.6. The number of anilines is 1. The molecule has 2 N–H and O–H groups in total. The molecule has 31 heavy (non-hydrogen) atoms. The summed E-state index contributed by atoms with van der Waals surface area (Å²) < 4.78 is 1.73. The molecule has 9 heteroatoms. The highest BCUT2D eigenvalue weighted by molar-refractivity contribution is 7.80. The fourth-order valence-electron chi connectivity index (χ4n) is 2.99. The van der Waals surface area contributed by atoms with Gasteiger partial charge in [0, 0.05) is 16.8 Å². The first-order chi connectivity index (χ1) is 14.7. The maximum atomic E-state index is 12.5. The van der Waals surface area contributed by atoms with Crippen molar-refractivity contribution in [1.29, 1.82) is 0 Å². The van der Waals surface area contributed by atoms with Gasteiger partial charge in [-0.1, -0.05) is 44.2 Å². The topological polar surface area (TPSA) is 84.2 Å². The molecule has 0 aliphatic carbocycles. The Balaban J connectivity index is 1.38. The van der Waals surface area contributed by atoms with Crippen molar-refractivity contribution < 1.29 is 4.79 Å². The number of aromatic nitrogens is 4. The van der Waals surface area contributed by atoms with Crippen molar-refractivity contribution in [3.8, 4) is 10.6 Å². The van der Waals surface area contributed by atoms with Crippen LogP contribution in [0, 0.1) is 6.92 Å². The van der Waals surface area contributed by atoms with E-state index in [4.69, 9.17) is 12.2 Å². The van der Waals surface area contributed by atoms with Crippen molar-refractivity contribution >= 4 is 45.2 Å². The number of benzene rings is 2. The molecule has 4 aromatic rings. The lowest BCUT2D eigenvalue weighted by molar-refractivity contribution is 0.0977. The number of amides is 1. The predicted octanol–water partition coefficient (Wildman–Crippen LogP) is 4.59. The van der Waals surface area contributed by atoms with Gasteiger partial charge in [-0.25, -0.2) is 0 Å². The number of carbonyl (C=O) groups is 1. The number of hydrogen-bond acceptors (Lipinski definition) is 6. The highest BCUT2D eigenvalue weighted by Crippen LogP contribution is 2.26. The third-order valence-electron chi connectivity index (χ3n) is 4.78. The lowest BCUT2D eigenvalue weighted by Gasteiger charge is -2.19.